The fraction of sp³-hybridized carbons (Fsp3) is 0. The van der Waals surface area contributed by atoms with Gasteiger partial charge in [-0.3, -0.25) is 10.1 Å². The van der Waals surface area contributed by atoms with Crippen molar-refractivity contribution in [2.45, 2.75) is 4.90 Å². The van der Waals surface area contributed by atoms with Crippen LogP contribution in [-0.2, 0) is 0 Å². The Hall–Kier alpha value is -0.590. The summed E-state index contributed by atoms with van der Waals surface area (Å²) in [7, 11) is 0. The maximum atomic E-state index is 10.7. The van der Waals surface area contributed by atoms with Crippen LogP contribution in [0.2, 0.25) is 0 Å². The molecule has 1 aromatic carbocycles. The molecule has 14 heavy (non-hydrogen) atoms. The number of hydrogen-bond acceptors (Lipinski definition) is 4. The molecule has 2 aromatic rings. The Balaban J connectivity index is 2.88. The van der Waals surface area contributed by atoms with Gasteiger partial charge in [0.05, 0.1) is 14.5 Å². The van der Waals surface area contributed by atoms with Crippen molar-refractivity contribution in [3.05, 3.63) is 32.1 Å². The first-order valence-electron chi connectivity index (χ1n) is 3.64. The van der Waals surface area contributed by atoms with Crippen LogP contribution in [0, 0.1) is 10.1 Å². The Morgan fingerprint density at radius 1 is 1.57 bits per heavy atom. The van der Waals surface area contributed by atoms with Crippen molar-refractivity contribution in [3.63, 3.8) is 0 Å². The van der Waals surface area contributed by atoms with E-state index in [2.05, 4.69) is 28.6 Å². The van der Waals surface area contributed by atoms with Crippen LogP contribution < -0.4 is 0 Å². The average Bonchev–Trinajstić information content (AvgIpc) is 2.59. The molecule has 1 heterocycles. The van der Waals surface area contributed by atoms with Crippen LogP contribution in [0.3, 0.4) is 0 Å². The molecule has 0 aliphatic carbocycles. The van der Waals surface area contributed by atoms with Gasteiger partial charge in [-0.25, -0.2) is 0 Å². The second kappa shape index (κ2) is 3.52. The van der Waals surface area contributed by atoms with Crippen molar-refractivity contribution < 1.29 is 4.92 Å². The fourth-order valence-electron chi connectivity index (χ4n) is 1.21. The third-order valence-corrected chi connectivity index (χ3v) is 4.15. The van der Waals surface area contributed by atoms with Crippen molar-refractivity contribution in [2.24, 2.45) is 0 Å². The Kier molecular flexibility index (Phi) is 2.50. The van der Waals surface area contributed by atoms with Gasteiger partial charge in [-0.1, -0.05) is 0 Å². The highest BCUT2D eigenvalue weighted by Gasteiger charge is 2.17. The Labute approximate surface area is 97.4 Å². The van der Waals surface area contributed by atoms with Gasteiger partial charge >= 0.3 is 0 Å². The quantitative estimate of drug-likeness (QED) is 0.492. The molecular formula is C8H4BrNO2S2. The van der Waals surface area contributed by atoms with Crippen LogP contribution in [0.25, 0.3) is 10.1 Å². The molecule has 72 valence electrons. The molecule has 0 saturated carbocycles. The minimum Gasteiger partial charge on any atom is -0.258 e. The number of halogens is 1. The molecule has 0 fully saturated rings. The smallest absolute Gasteiger partial charge is 0.258 e. The number of nitro benzene ring substituents is 1. The number of rotatable bonds is 1. The van der Waals surface area contributed by atoms with Gasteiger partial charge in [0.1, 0.15) is 0 Å². The molecular weight excluding hydrogens is 286 g/mol. The van der Waals surface area contributed by atoms with E-state index in [1.165, 1.54) is 17.4 Å². The number of thiol groups is 1. The number of nitrogens with zero attached hydrogens (tertiary/aromatic N) is 1. The van der Waals surface area contributed by atoms with Gasteiger partial charge in [0.25, 0.3) is 5.69 Å². The van der Waals surface area contributed by atoms with Gasteiger partial charge in [-0.2, -0.15) is 0 Å². The van der Waals surface area contributed by atoms with Crippen LogP contribution in [0.1, 0.15) is 0 Å². The molecule has 3 nitrogen and oxygen atoms in total. The molecule has 0 saturated heterocycles. The molecule has 0 amide bonds. The molecule has 0 N–H and O–H groups in total. The second-order valence-electron chi connectivity index (χ2n) is 2.65. The summed E-state index contributed by atoms with van der Waals surface area (Å²) in [4.78, 5) is 10.7. The molecule has 0 unspecified atom stereocenters. The minimum atomic E-state index is -0.426. The Morgan fingerprint density at radius 3 is 2.93 bits per heavy atom. The van der Waals surface area contributed by atoms with Crippen molar-refractivity contribution in [1.82, 2.24) is 0 Å². The van der Waals surface area contributed by atoms with Crippen LogP contribution in [0.5, 0.6) is 0 Å². The summed E-state index contributed by atoms with van der Waals surface area (Å²) in [6.45, 7) is 0. The Morgan fingerprint density at radius 2 is 2.29 bits per heavy atom. The molecule has 0 aliphatic rings. The summed E-state index contributed by atoms with van der Waals surface area (Å²) in [5.74, 6) is 0. The lowest BCUT2D eigenvalue weighted by atomic mass is 10.2. The summed E-state index contributed by atoms with van der Waals surface area (Å²) in [6, 6.07) is 3.32. The van der Waals surface area contributed by atoms with Gasteiger partial charge < -0.3 is 0 Å². The monoisotopic (exact) mass is 289 g/mol. The molecule has 0 radical (unpaired) electrons. The van der Waals surface area contributed by atoms with E-state index < -0.39 is 4.92 Å². The van der Waals surface area contributed by atoms with E-state index in [1.54, 1.807) is 0 Å². The molecule has 1 aromatic heterocycles. The first-order valence-corrected chi connectivity index (χ1v) is 5.76. The highest BCUT2D eigenvalue weighted by Crippen LogP contribution is 2.38. The number of thiophene rings is 1. The lowest BCUT2D eigenvalue weighted by Crippen LogP contribution is -1.89. The van der Waals surface area contributed by atoms with Crippen LogP contribution in [0.15, 0.2) is 26.9 Å². The van der Waals surface area contributed by atoms with E-state index in [-0.39, 0.29) is 5.69 Å². The van der Waals surface area contributed by atoms with Crippen LogP contribution >= 0.6 is 39.9 Å². The topological polar surface area (TPSA) is 43.1 Å². The molecule has 2 rings (SSSR count). The summed E-state index contributed by atoms with van der Waals surface area (Å²) < 4.78 is 1.73. The van der Waals surface area contributed by atoms with Crippen molar-refractivity contribution >= 4 is 55.7 Å². The van der Waals surface area contributed by atoms with E-state index in [0.717, 1.165) is 14.6 Å². The third-order valence-electron chi connectivity index (χ3n) is 1.84. The van der Waals surface area contributed by atoms with E-state index in [0.29, 0.717) is 4.90 Å². The highest BCUT2D eigenvalue weighted by molar-refractivity contribution is 9.10. The zero-order chi connectivity index (χ0) is 10.3. The van der Waals surface area contributed by atoms with E-state index >= 15 is 0 Å². The lowest BCUT2D eigenvalue weighted by molar-refractivity contribution is -0.387. The summed E-state index contributed by atoms with van der Waals surface area (Å²) in [5.41, 5.74) is 0.0334. The maximum Gasteiger partial charge on any atom is 0.284 e. The van der Waals surface area contributed by atoms with Crippen LogP contribution in [-0.4, -0.2) is 4.92 Å². The summed E-state index contributed by atoms with van der Waals surface area (Å²) in [5, 5.41) is 13.4. The van der Waals surface area contributed by atoms with Gasteiger partial charge in [0.15, 0.2) is 0 Å². The summed E-state index contributed by atoms with van der Waals surface area (Å²) >= 11 is 8.99. The lowest BCUT2D eigenvalue weighted by Gasteiger charge is -1.99. The zero-order valence-corrected chi connectivity index (χ0v) is 10.0. The largest absolute Gasteiger partial charge is 0.284 e. The predicted molar refractivity (Wildman–Crippen MR) is 63.4 cm³/mol. The molecule has 0 spiro atoms. The fourth-order valence-corrected chi connectivity index (χ4v) is 3.14. The molecule has 6 heteroatoms. The molecule has 0 atom stereocenters. The first-order chi connectivity index (χ1) is 6.61. The van der Waals surface area contributed by atoms with Gasteiger partial charge in [0, 0.05) is 15.9 Å². The van der Waals surface area contributed by atoms with Crippen LogP contribution in [0.4, 0.5) is 5.69 Å². The van der Waals surface area contributed by atoms with Crippen molar-refractivity contribution in [1.29, 1.82) is 0 Å². The number of benzene rings is 1. The molecule has 0 aliphatic heterocycles. The third kappa shape index (κ3) is 1.43. The Bertz CT molecular complexity index is 523. The maximum absolute atomic E-state index is 10.7. The predicted octanol–water partition coefficient (Wildman–Crippen LogP) is 3.86. The van der Waals surface area contributed by atoms with Gasteiger partial charge in [-0.05, 0) is 27.4 Å². The highest BCUT2D eigenvalue weighted by atomic mass is 79.9. The number of fused-ring (bicyclic) bond motifs is 1. The van der Waals surface area contributed by atoms with Crippen molar-refractivity contribution in [3.8, 4) is 0 Å². The van der Waals surface area contributed by atoms with E-state index in [1.807, 2.05) is 11.4 Å². The average molecular weight is 290 g/mol. The zero-order valence-electron chi connectivity index (χ0n) is 6.73. The van der Waals surface area contributed by atoms with Gasteiger partial charge in [0.2, 0.25) is 0 Å². The SMILES string of the molecule is O=[N+]([O-])c1cc(Br)c2sccc2c1S. The minimum absolute atomic E-state index is 0.0334. The van der Waals surface area contributed by atoms with E-state index in [4.69, 9.17) is 0 Å². The standard InChI is InChI=1S/C8H4BrNO2S2/c9-5-3-6(10(11)12)7(13)4-1-2-14-8(4)5/h1-3,13H. The molecule has 0 bridgehead atoms. The number of nitro groups is 1. The van der Waals surface area contributed by atoms with Gasteiger partial charge in [-0.15, -0.1) is 24.0 Å². The number of hydrogen-bond donors (Lipinski definition) is 1. The first kappa shape index (κ1) is 9.95. The van der Waals surface area contributed by atoms with Crippen molar-refractivity contribution in [2.75, 3.05) is 0 Å². The normalized spacial score (nSPS) is 10.7. The summed E-state index contributed by atoms with van der Waals surface area (Å²) in [6.07, 6.45) is 0. The van der Waals surface area contributed by atoms with E-state index in [9.17, 15) is 10.1 Å². The second-order valence-corrected chi connectivity index (χ2v) is 4.86.